The van der Waals surface area contributed by atoms with Gasteiger partial charge in [0.2, 0.25) is 5.91 Å². The number of nitrogens with zero attached hydrogens (tertiary/aromatic N) is 2. The van der Waals surface area contributed by atoms with Gasteiger partial charge in [-0.3, -0.25) is 14.5 Å². The minimum atomic E-state index is -0.935. The highest BCUT2D eigenvalue weighted by Gasteiger charge is 2.43. The molecule has 0 unspecified atom stereocenters. The van der Waals surface area contributed by atoms with E-state index in [0.717, 1.165) is 16.2 Å². The Hall–Kier alpha value is -2.90. The van der Waals surface area contributed by atoms with Gasteiger partial charge in [-0.05, 0) is 57.5 Å². The molecule has 1 aliphatic rings. The first-order valence-electron chi connectivity index (χ1n) is 8.45. The van der Waals surface area contributed by atoms with E-state index in [9.17, 15) is 14.4 Å². The Morgan fingerprint density at radius 1 is 1.27 bits per heavy atom. The number of hydrogen-bond donors (Lipinski definition) is 2. The lowest BCUT2D eigenvalue weighted by Gasteiger charge is -2.15. The lowest BCUT2D eigenvalue weighted by Crippen LogP contribution is -2.40. The molecular formula is C18H24N4O4. The summed E-state index contributed by atoms with van der Waals surface area (Å²) in [5.74, 6) is 0.0505. The smallest absolute Gasteiger partial charge is 0.325 e. The highest BCUT2D eigenvalue weighted by atomic mass is 16.5. The van der Waals surface area contributed by atoms with Crippen molar-refractivity contribution < 1.29 is 19.1 Å². The average Bonchev–Trinajstić information content (AvgIpc) is 2.79. The molecule has 0 bridgehead atoms. The first kappa shape index (κ1) is 19.4. The number of rotatable bonds is 7. The maximum Gasteiger partial charge on any atom is 0.325 e. The van der Waals surface area contributed by atoms with E-state index in [0.29, 0.717) is 12.3 Å². The number of carbonyl (C=O) groups excluding carboxylic acids is 3. The molecular weight excluding hydrogens is 336 g/mol. The Balaban J connectivity index is 1.86. The summed E-state index contributed by atoms with van der Waals surface area (Å²) < 4.78 is 5.38. The molecule has 0 radical (unpaired) electrons. The quantitative estimate of drug-likeness (QED) is 0.439. The van der Waals surface area contributed by atoms with E-state index < -0.39 is 11.6 Å². The monoisotopic (exact) mass is 360 g/mol. The van der Waals surface area contributed by atoms with Crippen LogP contribution in [0.5, 0.6) is 5.75 Å². The fraction of sp³-hybridized carbons (Fsp3) is 0.444. The van der Waals surface area contributed by atoms with Crippen LogP contribution in [-0.4, -0.2) is 47.1 Å². The molecule has 1 fully saturated rings. The number of imide groups is 1. The van der Waals surface area contributed by atoms with Gasteiger partial charge in [0.25, 0.3) is 5.91 Å². The van der Waals surface area contributed by atoms with E-state index in [-0.39, 0.29) is 24.8 Å². The highest BCUT2D eigenvalue weighted by Crippen LogP contribution is 2.16. The molecule has 0 saturated carbocycles. The van der Waals surface area contributed by atoms with Gasteiger partial charge in [0.1, 0.15) is 11.3 Å². The van der Waals surface area contributed by atoms with Gasteiger partial charge >= 0.3 is 6.03 Å². The van der Waals surface area contributed by atoms with Gasteiger partial charge in [-0.2, -0.15) is 5.10 Å². The molecule has 140 valence electrons. The van der Waals surface area contributed by atoms with Crippen LogP contribution in [0.2, 0.25) is 0 Å². The number of urea groups is 1. The first-order chi connectivity index (χ1) is 12.2. The molecule has 2 N–H and O–H groups in total. The fourth-order valence-corrected chi connectivity index (χ4v) is 2.46. The zero-order chi connectivity index (χ0) is 19.3. The maximum atomic E-state index is 12.0. The van der Waals surface area contributed by atoms with E-state index >= 15 is 0 Å². The molecule has 1 aliphatic heterocycles. The predicted molar refractivity (Wildman–Crippen MR) is 96.9 cm³/mol. The summed E-state index contributed by atoms with van der Waals surface area (Å²) in [6, 6.07) is 6.89. The summed E-state index contributed by atoms with van der Waals surface area (Å²) in [5, 5.41) is 6.62. The molecule has 26 heavy (non-hydrogen) atoms. The van der Waals surface area contributed by atoms with Crippen molar-refractivity contribution in [2.75, 3.05) is 13.2 Å². The molecule has 2 rings (SSSR count). The zero-order valence-corrected chi connectivity index (χ0v) is 15.5. The SMILES string of the molecule is CCOc1ccc(/C(C)=N\NC(=O)CCN2C(=O)NC(C)(C)C2=O)cc1. The van der Waals surface area contributed by atoms with Crippen molar-refractivity contribution in [3.63, 3.8) is 0 Å². The van der Waals surface area contributed by atoms with Crippen molar-refractivity contribution in [3.8, 4) is 5.75 Å². The van der Waals surface area contributed by atoms with Gasteiger partial charge in [0, 0.05) is 13.0 Å². The average molecular weight is 360 g/mol. The van der Waals surface area contributed by atoms with Crippen LogP contribution in [0.15, 0.2) is 29.4 Å². The van der Waals surface area contributed by atoms with Crippen LogP contribution in [0.1, 0.15) is 39.7 Å². The number of ether oxygens (including phenoxy) is 1. The summed E-state index contributed by atoms with van der Waals surface area (Å²) in [6.07, 6.45) is -0.0186. The van der Waals surface area contributed by atoms with Crippen LogP contribution in [0, 0.1) is 0 Å². The Labute approximate surface area is 152 Å². The van der Waals surface area contributed by atoms with Crippen LogP contribution in [0.25, 0.3) is 0 Å². The first-order valence-corrected chi connectivity index (χ1v) is 8.45. The molecule has 4 amide bonds. The molecule has 8 nitrogen and oxygen atoms in total. The third-order valence-corrected chi connectivity index (χ3v) is 3.94. The second-order valence-electron chi connectivity index (χ2n) is 6.45. The molecule has 0 aromatic heterocycles. The Bertz CT molecular complexity index is 725. The third-order valence-electron chi connectivity index (χ3n) is 3.94. The number of hydrazone groups is 1. The van der Waals surface area contributed by atoms with Crippen molar-refractivity contribution in [1.82, 2.24) is 15.6 Å². The van der Waals surface area contributed by atoms with Gasteiger partial charge < -0.3 is 10.1 Å². The van der Waals surface area contributed by atoms with Crippen LogP contribution in [-0.2, 0) is 9.59 Å². The molecule has 1 saturated heterocycles. The molecule has 0 spiro atoms. The number of nitrogens with one attached hydrogen (secondary N) is 2. The molecule has 8 heteroatoms. The minimum absolute atomic E-state index is 0.0115. The highest BCUT2D eigenvalue weighted by molar-refractivity contribution is 6.06. The molecule has 1 aromatic carbocycles. The third kappa shape index (κ3) is 4.59. The second kappa shape index (κ2) is 7.99. The van der Waals surface area contributed by atoms with Gasteiger partial charge in [0.15, 0.2) is 0 Å². The molecule has 1 heterocycles. The Morgan fingerprint density at radius 2 is 1.92 bits per heavy atom. The number of benzene rings is 1. The molecule has 1 aromatic rings. The van der Waals surface area contributed by atoms with Gasteiger partial charge in [-0.15, -0.1) is 0 Å². The fourth-order valence-electron chi connectivity index (χ4n) is 2.46. The zero-order valence-electron chi connectivity index (χ0n) is 15.5. The summed E-state index contributed by atoms with van der Waals surface area (Å²) in [7, 11) is 0. The van der Waals surface area contributed by atoms with Crippen LogP contribution < -0.4 is 15.5 Å². The molecule has 0 aliphatic carbocycles. The van der Waals surface area contributed by atoms with Crippen LogP contribution >= 0.6 is 0 Å². The topological polar surface area (TPSA) is 100 Å². The summed E-state index contributed by atoms with van der Waals surface area (Å²) >= 11 is 0. The number of hydrogen-bond acceptors (Lipinski definition) is 5. The van der Waals surface area contributed by atoms with Crippen molar-refractivity contribution in [1.29, 1.82) is 0 Å². The van der Waals surface area contributed by atoms with E-state index in [2.05, 4.69) is 15.8 Å². The minimum Gasteiger partial charge on any atom is -0.494 e. The summed E-state index contributed by atoms with van der Waals surface area (Å²) in [4.78, 5) is 36.8. The van der Waals surface area contributed by atoms with E-state index in [1.807, 2.05) is 31.2 Å². The number of amides is 4. The lowest BCUT2D eigenvalue weighted by molar-refractivity contribution is -0.130. The van der Waals surface area contributed by atoms with Crippen LogP contribution in [0.3, 0.4) is 0 Å². The van der Waals surface area contributed by atoms with Crippen molar-refractivity contribution in [2.45, 2.75) is 39.7 Å². The molecule has 0 atom stereocenters. The predicted octanol–water partition coefficient (Wildman–Crippen LogP) is 1.65. The Morgan fingerprint density at radius 3 is 2.46 bits per heavy atom. The second-order valence-corrected chi connectivity index (χ2v) is 6.45. The largest absolute Gasteiger partial charge is 0.494 e. The standard InChI is InChI=1S/C18H24N4O4/c1-5-26-14-8-6-13(7-9-14)12(2)20-21-15(23)10-11-22-16(24)18(3,4)19-17(22)25/h6-9H,5,10-11H2,1-4H3,(H,19,25)(H,21,23)/b20-12-. The van der Waals surface area contributed by atoms with Gasteiger partial charge in [0.05, 0.1) is 12.3 Å². The Kier molecular flexibility index (Phi) is 5.97. The van der Waals surface area contributed by atoms with Gasteiger partial charge in [-0.25, -0.2) is 10.2 Å². The summed E-state index contributed by atoms with van der Waals surface area (Å²) in [5.41, 5.74) is 3.00. The van der Waals surface area contributed by atoms with Crippen molar-refractivity contribution >= 4 is 23.6 Å². The van der Waals surface area contributed by atoms with E-state index in [1.165, 1.54) is 0 Å². The van der Waals surface area contributed by atoms with E-state index in [4.69, 9.17) is 4.74 Å². The lowest BCUT2D eigenvalue weighted by atomic mass is 10.1. The van der Waals surface area contributed by atoms with Gasteiger partial charge in [-0.1, -0.05) is 0 Å². The maximum absolute atomic E-state index is 12.0. The van der Waals surface area contributed by atoms with Crippen molar-refractivity contribution in [2.24, 2.45) is 5.10 Å². The number of carbonyl (C=O) groups is 3. The van der Waals surface area contributed by atoms with E-state index in [1.54, 1.807) is 20.8 Å². The van der Waals surface area contributed by atoms with Crippen LogP contribution in [0.4, 0.5) is 4.79 Å². The summed E-state index contributed by atoms with van der Waals surface area (Å²) in [6.45, 7) is 7.54. The normalized spacial score (nSPS) is 16.5. The van der Waals surface area contributed by atoms with Crippen molar-refractivity contribution in [3.05, 3.63) is 29.8 Å².